The molecule has 0 unspecified atom stereocenters. The highest BCUT2D eigenvalue weighted by Gasteiger charge is 2.15. The van der Waals surface area contributed by atoms with Crippen molar-refractivity contribution in [3.63, 3.8) is 0 Å². The highest BCUT2D eigenvalue weighted by Crippen LogP contribution is 2.21. The van der Waals surface area contributed by atoms with Crippen LogP contribution in [0.25, 0.3) is 11.4 Å². The number of halogens is 2. The van der Waals surface area contributed by atoms with Crippen LogP contribution in [0.3, 0.4) is 0 Å². The first-order valence-electron chi connectivity index (χ1n) is 8.39. The maximum Gasteiger partial charge on any atom is 0.254 e. The molecule has 5 nitrogen and oxygen atoms in total. The number of carbonyl (C=O) groups is 1. The van der Waals surface area contributed by atoms with Gasteiger partial charge in [-0.15, -0.1) is 0 Å². The monoisotopic (exact) mass is 385 g/mol. The van der Waals surface area contributed by atoms with Crippen molar-refractivity contribution < 1.29 is 9.18 Å². The molecule has 0 saturated carbocycles. The zero-order valence-corrected chi connectivity index (χ0v) is 15.3. The Hall–Kier alpha value is -2.99. The summed E-state index contributed by atoms with van der Waals surface area (Å²) in [5, 5.41) is 3.06. The number of nitrogens with one attached hydrogen (secondary N) is 1. The third kappa shape index (κ3) is 4.41. The number of benzene rings is 2. The number of rotatable bonds is 5. The summed E-state index contributed by atoms with van der Waals surface area (Å²) in [6, 6.07) is 13.9. The number of nitrogens with zero attached hydrogens (tertiary/aromatic N) is 2. The molecule has 138 valence electrons. The summed E-state index contributed by atoms with van der Waals surface area (Å²) in [7, 11) is 0. The van der Waals surface area contributed by atoms with Crippen molar-refractivity contribution in [2.45, 2.75) is 19.9 Å². The fraction of sp³-hybridized carbons (Fsp3) is 0.150. The fourth-order valence-electron chi connectivity index (χ4n) is 2.63. The number of amides is 1. The molecule has 3 aromatic rings. The normalized spacial score (nSPS) is 10.6. The van der Waals surface area contributed by atoms with Crippen molar-refractivity contribution in [2.24, 2.45) is 0 Å². The van der Waals surface area contributed by atoms with Crippen LogP contribution in [0, 0.1) is 5.82 Å². The van der Waals surface area contributed by atoms with Gasteiger partial charge < -0.3 is 5.32 Å². The van der Waals surface area contributed by atoms with Gasteiger partial charge in [0, 0.05) is 17.3 Å². The Morgan fingerprint density at radius 1 is 1.19 bits per heavy atom. The Kier molecular flexibility index (Phi) is 5.66. The van der Waals surface area contributed by atoms with Gasteiger partial charge in [-0.1, -0.05) is 42.8 Å². The van der Waals surface area contributed by atoms with Crippen LogP contribution in [-0.2, 0) is 17.8 Å². The van der Waals surface area contributed by atoms with Crippen LogP contribution in [0.4, 0.5) is 10.1 Å². The van der Waals surface area contributed by atoms with E-state index in [4.69, 9.17) is 11.6 Å². The van der Waals surface area contributed by atoms with Gasteiger partial charge in [-0.05, 0) is 30.7 Å². The zero-order chi connectivity index (χ0) is 19.4. The average Bonchev–Trinajstić information content (AvgIpc) is 2.65. The molecule has 1 N–H and O–H groups in total. The lowest BCUT2D eigenvalue weighted by atomic mass is 10.2. The fourth-order valence-corrected chi connectivity index (χ4v) is 2.81. The second-order valence-corrected chi connectivity index (χ2v) is 6.29. The highest BCUT2D eigenvalue weighted by molar-refractivity contribution is 6.33. The van der Waals surface area contributed by atoms with Crippen molar-refractivity contribution in [3.05, 3.63) is 81.5 Å². The van der Waals surface area contributed by atoms with E-state index in [0.29, 0.717) is 28.4 Å². The molecule has 0 aliphatic heterocycles. The Morgan fingerprint density at radius 3 is 2.67 bits per heavy atom. The maximum absolute atomic E-state index is 13.7. The predicted octanol–water partition coefficient (Wildman–Crippen LogP) is 3.90. The van der Waals surface area contributed by atoms with Gasteiger partial charge in [0.05, 0.1) is 10.7 Å². The lowest BCUT2D eigenvalue weighted by Crippen LogP contribution is -2.30. The van der Waals surface area contributed by atoms with Gasteiger partial charge >= 0.3 is 0 Å². The van der Waals surface area contributed by atoms with E-state index in [0.717, 1.165) is 0 Å². The van der Waals surface area contributed by atoms with Crippen LogP contribution in [0.5, 0.6) is 0 Å². The molecular formula is C20H17ClFN3O2. The summed E-state index contributed by atoms with van der Waals surface area (Å²) in [4.78, 5) is 29.4. The summed E-state index contributed by atoms with van der Waals surface area (Å²) in [5.41, 5.74) is 1.06. The Morgan fingerprint density at radius 2 is 1.96 bits per heavy atom. The number of hydrogen-bond acceptors (Lipinski definition) is 3. The van der Waals surface area contributed by atoms with Gasteiger partial charge in [0.2, 0.25) is 5.91 Å². The van der Waals surface area contributed by atoms with E-state index in [1.54, 1.807) is 30.3 Å². The quantitative estimate of drug-likeness (QED) is 0.724. The van der Waals surface area contributed by atoms with E-state index in [1.807, 2.05) is 6.92 Å². The lowest BCUT2D eigenvalue weighted by Gasteiger charge is -2.14. The van der Waals surface area contributed by atoms with E-state index in [2.05, 4.69) is 10.3 Å². The number of aryl methyl sites for hydroxylation is 1. The van der Waals surface area contributed by atoms with E-state index < -0.39 is 11.7 Å². The van der Waals surface area contributed by atoms with Crippen LogP contribution < -0.4 is 10.9 Å². The van der Waals surface area contributed by atoms with Crippen molar-refractivity contribution in [1.82, 2.24) is 9.55 Å². The van der Waals surface area contributed by atoms with Gasteiger partial charge in [0.15, 0.2) is 0 Å². The molecule has 0 saturated heterocycles. The second-order valence-electron chi connectivity index (χ2n) is 5.89. The van der Waals surface area contributed by atoms with Crippen LogP contribution in [0.1, 0.15) is 12.6 Å². The first-order valence-corrected chi connectivity index (χ1v) is 8.77. The first kappa shape index (κ1) is 18.8. The average molecular weight is 386 g/mol. The van der Waals surface area contributed by atoms with Gasteiger partial charge in [0.25, 0.3) is 5.56 Å². The predicted molar refractivity (Wildman–Crippen MR) is 103 cm³/mol. The molecule has 7 heteroatoms. The minimum atomic E-state index is -0.448. The van der Waals surface area contributed by atoms with E-state index in [-0.39, 0.29) is 17.9 Å². The third-order valence-electron chi connectivity index (χ3n) is 3.96. The maximum atomic E-state index is 13.7. The molecule has 1 amide bonds. The molecule has 2 aromatic carbocycles. The topological polar surface area (TPSA) is 64.0 Å². The van der Waals surface area contributed by atoms with Crippen LogP contribution in [0.15, 0.2) is 59.4 Å². The minimum Gasteiger partial charge on any atom is -0.323 e. The molecule has 0 radical (unpaired) electrons. The largest absolute Gasteiger partial charge is 0.323 e. The summed E-state index contributed by atoms with van der Waals surface area (Å²) in [6.45, 7) is 1.60. The number of hydrogen-bond donors (Lipinski definition) is 1. The second kappa shape index (κ2) is 8.14. The zero-order valence-electron chi connectivity index (χ0n) is 14.6. The molecule has 1 aromatic heterocycles. The molecule has 0 bridgehead atoms. The van der Waals surface area contributed by atoms with Crippen molar-refractivity contribution in [3.8, 4) is 11.4 Å². The molecule has 0 fully saturated rings. The number of para-hydroxylation sites is 1. The van der Waals surface area contributed by atoms with Crippen LogP contribution in [-0.4, -0.2) is 15.5 Å². The lowest BCUT2D eigenvalue weighted by molar-refractivity contribution is -0.116. The summed E-state index contributed by atoms with van der Waals surface area (Å²) < 4.78 is 14.9. The molecule has 0 spiro atoms. The van der Waals surface area contributed by atoms with E-state index in [1.165, 1.54) is 28.8 Å². The molecule has 0 aliphatic rings. The van der Waals surface area contributed by atoms with Gasteiger partial charge in [0.1, 0.15) is 18.2 Å². The number of carbonyl (C=O) groups excluding carboxylic acids is 1. The standard InChI is InChI=1S/C20H17ClFN3O2/c1-2-15-11-19(27)25(20(23-15)13-6-5-7-14(22)10-13)12-18(26)24-17-9-4-3-8-16(17)21/h3-11H,2,12H2,1H3,(H,24,26). The van der Waals surface area contributed by atoms with Gasteiger partial charge in [-0.3, -0.25) is 14.2 Å². The van der Waals surface area contributed by atoms with Gasteiger partial charge in [-0.2, -0.15) is 0 Å². The van der Waals surface area contributed by atoms with Crippen LogP contribution in [0.2, 0.25) is 5.02 Å². The van der Waals surface area contributed by atoms with Crippen molar-refractivity contribution in [2.75, 3.05) is 5.32 Å². The van der Waals surface area contributed by atoms with Crippen molar-refractivity contribution >= 4 is 23.2 Å². The molecule has 3 rings (SSSR count). The Balaban J connectivity index is 1.98. The first-order chi connectivity index (χ1) is 13.0. The summed E-state index contributed by atoms with van der Waals surface area (Å²) >= 11 is 6.05. The number of aromatic nitrogens is 2. The van der Waals surface area contributed by atoms with Crippen LogP contribution >= 0.6 is 11.6 Å². The van der Waals surface area contributed by atoms with E-state index >= 15 is 0 Å². The highest BCUT2D eigenvalue weighted by atomic mass is 35.5. The molecule has 0 atom stereocenters. The SMILES string of the molecule is CCc1cc(=O)n(CC(=O)Nc2ccccc2Cl)c(-c2cccc(F)c2)n1. The molecule has 1 heterocycles. The van der Waals surface area contributed by atoms with Gasteiger partial charge in [-0.25, -0.2) is 9.37 Å². The number of anilines is 1. The Labute approximate surface area is 160 Å². The molecular weight excluding hydrogens is 369 g/mol. The summed E-state index contributed by atoms with van der Waals surface area (Å²) in [6.07, 6.45) is 0.546. The minimum absolute atomic E-state index is 0.244. The molecule has 0 aliphatic carbocycles. The molecule has 27 heavy (non-hydrogen) atoms. The summed E-state index contributed by atoms with van der Waals surface area (Å²) in [5.74, 6) is -0.641. The Bertz CT molecular complexity index is 1050. The smallest absolute Gasteiger partial charge is 0.254 e. The van der Waals surface area contributed by atoms with E-state index in [9.17, 15) is 14.0 Å². The van der Waals surface area contributed by atoms with Crippen molar-refractivity contribution in [1.29, 1.82) is 0 Å². The third-order valence-corrected chi connectivity index (χ3v) is 4.29.